The van der Waals surface area contributed by atoms with Crippen molar-refractivity contribution < 1.29 is 8.42 Å². The van der Waals surface area contributed by atoms with Crippen molar-refractivity contribution in [3.63, 3.8) is 0 Å². The highest BCUT2D eigenvalue weighted by molar-refractivity contribution is 9.10. The molecule has 0 unspecified atom stereocenters. The average molecular weight is 424 g/mol. The molecule has 1 N–H and O–H groups in total. The van der Waals surface area contributed by atoms with Crippen LogP contribution >= 0.6 is 15.9 Å². The molecule has 1 saturated heterocycles. The van der Waals surface area contributed by atoms with Crippen LogP contribution in [-0.4, -0.2) is 46.5 Å². The second-order valence-electron chi connectivity index (χ2n) is 6.24. The van der Waals surface area contributed by atoms with Gasteiger partial charge >= 0.3 is 0 Å². The first-order valence-corrected chi connectivity index (χ1v) is 10.5. The number of rotatable bonds is 5. The van der Waals surface area contributed by atoms with E-state index in [1.54, 1.807) is 24.3 Å². The fourth-order valence-corrected chi connectivity index (χ4v) is 4.05. The molecule has 0 saturated carbocycles. The number of hydrogen-bond acceptors (Lipinski definition) is 4. The predicted molar refractivity (Wildman–Crippen MR) is 104 cm³/mol. The molecule has 1 fully saturated rings. The molecule has 1 aliphatic rings. The zero-order valence-electron chi connectivity index (χ0n) is 14.2. The number of halogens is 1. The monoisotopic (exact) mass is 423 g/mol. The summed E-state index contributed by atoms with van der Waals surface area (Å²) in [4.78, 5) is 4.95. The minimum atomic E-state index is -3.50. The van der Waals surface area contributed by atoms with Crippen molar-refractivity contribution in [1.82, 2.24) is 9.62 Å². The Labute approximate surface area is 157 Å². The lowest BCUT2D eigenvalue weighted by atomic mass is 10.2. The van der Waals surface area contributed by atoms with Crippen molar-refractivity contribution in [3.05, 3.63) is 58.6 Å². The van der Waals surface area contributed by atoms with Crippen LogP contribution in [0.4, 0.5) is 5.69 Å². The zero-order valence-corrected chi connectivity index (χ0v) is 16.6. The number of hydrogen-bond donors (Lipinski definition) is 1. The number of benzene rings is 2. The van der Waals surface area contributed by atoms with Gasteiger partial charge in [-0.05, 0) is 49.0 Å². The van der Waals surface area contributed by atoms with Gasteiger partial charge in [-0.3, -0.25) is 0 Å². The third-order valence-electron chi connectivity index (χ3n) is 4.40. The molecular weight excluding hydrogens is 402 g/mol. The largest absolute Gasteiger partial charge is 0.369 e. The van der Waals surface area contributed by atoms with Crippen LogP contribution in [0.3, 0.4) is 0 Å². The maximum Gasteiger partial charge on any atom is 0.240 e. The van der Waals surface area contributed by atoms with E-state index in [2.05, 4.69) is 49.6 Å². The molecule has 2 aromatic rings. The van der Waals surface area contributed by atoms with Gasteiger partial charge in [-0.15, -0.1) is 0 Å². The van der Waals surface area contributed by atoms with Crippen LogP contribution in [0.1, 0.15) is 5.56 Å². The van der Waals surface area contributed by atoms with Crippen molar-refractivity contribution in [3.8, 4) is 0 Å². The van der Waals surface area contributed by atoms with Gasteiger partial charge in [0.15, 0.2) is 0 Å². The highest BCUT2D eigenvalue weighted by Crippen LogP contribution is 2.18. The molecule has 0 aliphatic carbocycles. The van der Waals surface area contributed by atoms with Crippen LogP contribution in [0.2, 0.25) is 0 Å². The summed E-state index contributed by atoms with van der Waals surface area (Å²) in [5, 5.41) is 0. The lowest BCUT2D eigenvalue weighted by Crippen LogP contribution is -2.44. The van der Waals surface area contributed by atoms with Gasteiger partial charge < -0.3 is 9.80 Å². The van der Waals surface area contributed by atoms with Gasteiger partial charge in [0.2, 0.25) is 10.0 Å². The molecule has 0 radical (unpaired) electrons. The van der Waals surface area contributed by atoms with Crippen LogP contribution < -0.4 is 9.62 Å². The fourth-order valence-electron chi connectivity index (χ4n) is 2.76. The maximum atomic E-state index is 12.3. The Hall–Kier alpha value is -1.41. The third kappa shape index (κ3) is 4.82. The summed E-state index contributed by atoms with van der Waals surface area (Å²) in [6.07, 6.45) is 0. The highest BCUT2D eigenvalue weighted by atomic mass is 79.9. The molecule has 5 nitrogen and oxygen atoms in total. The molecule has 1 aliphatic heterocycles. The van der Waals surface area contributed by atoms with E-state index in [-0.39, 0.29) is 11.4 Å². The van der Waals surface area contributed by atoms with E-state index in [1.807, 2.05) is 12.1 Å². The number of likely N-dealkylation sites (N-methyl/N-ethyl adjacent to an activating group) is 1. The molecule has 2 aromatic carbocycles. The summed E-state index contributed by atoms with van der Waals surface area (Å²) in [6.45, 7) is 4.45. The summed E-state index contributed by atoms with van der Waals surface area (Å²) >= 11 is 3.31. The van der Waals surface area contributed by atoms with Crippen LogP contribution in [0.15, 0.2) is 57.9 Å². The Morgan fingerprint density at radius 2 is 1.56 bits per heavy atom. The Morgan fingerprint density at radius 3 is 2.16 bits per heavy atom. The summed E-state index contributed by atoms with van der Waals surface area (Å²) in [6, 6.07) is 14.7. The van der Waals surface area contributed by atoms with Crippen LogP contribution in [0.5, 0.6) is 0 Å². The van der Waals surface area contributed by atoms with Crippen molar-refractivity contribution >= 4 is 31.6 Å². The second-order valence-corrected chi connectivity index (χ2v) is 8.92. The van der Waals surface area contributed by atoms with E-state index >= 15 is 0 Å². The van der Waals surface area contributed by atoms with E-state index in [4.69, 9.17) is 0 Å². The standard InChI is InChI=1S/C18H22BrN3O2S/c1-21-10-12-22(13-11-21)17-6-2-15(3-7-17)14-20-25(23,24)18-8-4-16(19)5-9-18/h2-9,20H,10-14H2,1H3. The topological polar surface area (TPSA) is 52.6 Å². The molecule has 3 rings (SSSR count). The molecule has 0 aromatic heterocycles. The Balaban J connectivity index is 1.61. The first kappa shape index (κ1) is 18.4. The minimum Gasteiger partial charge on any atom is -0.369 e. The number of nitrogens with one attached hydrogen (secondary N) is 1. The van der Waals surface area contributed by atoms with Crippen molar-refractivity contribution in [2.24, 2.45) is 0 Å². The Morgan fingerprint density at radius 1 is 0.960 bits per heavy atom. The molecule has 134 valence electrons. The van der Waals surface area contributed by atoms with Gasteiger partial charge in [0.05, 0.1) is 4.90 Å². The first-order valence-electron chi connectivity index (χ1n) is 8.22. The second kappa shape index (κ2) is 7.86. The van der Waals surface area contributed by atoms with Crippen molar-refractivity contribution in [1.29, 1.82) is 0 Å². The van der Waals surface area contributed by atoms with E-state index in [9.17, 15) is 8.42 Å². The number of sulfonamides is 1. The molecule has 7 heteroatoms. The molecule has 0 atom stereocenters. The van der Waals surface area contributed by atoms with Gasteiger partial charge in [-0.25, -0.2) is 13.1 Å². The normalized spacial score (nSPS) is 16.2. The third-order valence-corrected chi connectivity index (χ3v) is 6.34. The smallest absolute Gasteiger partial charge is 0.240 e. The van der Waals surface area contributed by atoms with Gasteiger partial charge in [-0.1, -0.05) is 28.1 Å². The summed E-state index contributed by atoms with van der Waals surface area (Å²) in [7, 11) is -1.36. The quantitative estimate of drug-likeness (QED) is 0.802. The van der Waals surface area contributed by atoms with Crippen molar-refractivity contribution in [2.75, 3.05) is 38.1 Å². The SMILES string of the molecule is CN1CCN(c2ccc(CNS(=O)(=O)c3ccc(Br)cc3)cc2)CC1. The predicted octanol–water partition coefficient (Wildman–Crippen LogP) is 2.68. The first-order chi connectivity index (χ1) is 11.9. The molecular formula is C18H22BrN3O2S. The van der Waals surface area contributed by atoms with Gasteiger partial charge in [0.1, 0.15) is 0 Å². The van der Waals surface area contributed by atoms with Crippen LogP contribution in [0.25, 0.3) is 0 Å². The van der Waals surface area contributed by atoms with E-state index in [1.165, 1.54) is 5.69 Å². The summed E-state index contributed by atoms with van der Waals surface area (Å²) < 4.78 is 28.2. The van der Waals surface area contributed by atoms with Gasteiger partial charge in [0, 0.05) is 42.9 Å². The zero-order chi connectivity index (χ0) is 17.9. The van der Waals surface area contributed by atoms with Crippen LogP contribution in [0, 0.1) is 0 Å². The molecule has 25 heavy (non-hydrogen) atoms. The van der Waals surface area contributed by atoms with E-state index < -0.39 is 10.0 Å². The summed E-state index contributed by atoms with van der Waals surface area (Å²) in [5.41, 5.74) is 2.13. The molecule has 0 bridgehead atoms. The number of nitrogens with zero attached hydrogens (tertiary/aromatic N) is 2. The molecule has 0 spiro atoms. The van der Waals surface area contributed by atoms with E-state index in [0.29, 0.717) is 0 Å². The van der Waals surface area contributed by atoms with Gasteiger partial charge in [-0.2, -0.15) is 0 Å². The maximum absolute atomic E-state index is 12.3. The van der Waals surface area contributed by atoms with E-state index in [0.717, 1.165) is 36.2 Å². The molecule has 0 amide bonds. The number of piperazine rings is 1. The van der Waals surface area contributed by atoms with Gasteiger partial charge in [0.25, 0.3) is 0 Å². The lowest BCUT2D eigenvalue weighted by Gasteiger charge is -2.34. The highest BCUT2D eigenvalue weighted by Gasteiger charge is 2.15. The molecule has 1 heterocycles. The fraction of sp³-hybridized carbons (Fsp3) is 0.333. The average Bonchev–Trinajstić information content (AvgIpc) is 2.62. The van der Waals surface area contributed by atoms with Crippen LogP contribution in [-0.2, 0) is 16.6 Å². The minimum absolute atomic E-state index is 0.268. The Bertz CT molecular complexity index is 799. The van der Waals surface area contributed by atoms with Crippen molar-refractivity contribution in [2.45, 2.75) is 11.4 Å². The summed E-state index contributed by atoms with van der Waals surface area (Å²) in [5.74, 6) is 0. The Kier molecular flexibility index (Phi) is 5.78. The lowest BCUT2D eigenvalue weighted by molar-refractivity contribution is 0.313. The number of anilines is 1.